The molecule has 1 aliphatic carbocycles. The van der Waals surface area contributed by atoms with Crippen molar-refractivity contribution in [2.24, 2.45) is 0 Å². The van der Waals surface area contributed by atoms with Gasteiger partial charge in [0, 0.05) is 32.0 Å². The summed E-state index contributed by atoms with van der Waals surface area (Å²) in [6.07, 6.45) is 0. The number of hydrogen-bond donors (Lipinski definition) is 0. The second-order valence-corrected chi connectivity index (χ2v) is 15.6. The molecule has 0 amide bonds. The third-order valence-electron chi connectivity index (χ3n) is 11.2. The van der Waals surface area contributed by atoms with Crippen LogP contribution in [0, 0.1) is 6.92 Å². The van der Waals surface area contributed by atoms with Gasteiger partial charge >= 0.3 is 0 Å². The van der Waals surface area contributed by atoms with E-state index in [1.165, 1.54) is 92.4 Å². The Labute approximate surface area is 309 Å². The number of thiophene rings is 1. The van der Waals surface area contributed by atoms with E-state index in [0.717, 1.165) is 5.69 Å². The molecule has 0 fully saturated rings. The largest absolute Gasteiger partial charge is 0.308 e. The van der Waals surface area contributed by atoms with Gasteiger partial charge in [-0.1, -0.05) is 141 Å². The molecular weight excluding hydrogens is 647 g/mol. The van der Waals surface area contributed by atoms with Crippen molar-refractivity contribution in [1.29, 1.82) is 0 Å². The minimum absolute atomic E-state index is 0.212. The van der Waals surface area contributed by atoms with Crippen LogP contribution in [-0.4, -0.2) is 0 Å². The van der Waals surface area contributed by atoms with Gasteiger partial charge in [-0.2, -0.15) is 0 Å². The highest BCUT2D eigenvalue weighted by Gasteiger charge is 2.38. The zero-order chi connectivity index (χ0) is 35.0. The highest BCUT2D eigenvalue weighted by atomic mass is 32.1. The molecule has 0 unspecified atom stereocenters. The topological polar surface area (TPSA) is 3.24 Å². The first-order valence-corrected chi connectivity index (χ1v) is 18.9. The predicted molar refractivity (Wildman–Crippen MR) is 225 cm³/mol. The molecular formula is C50H37NS. The number of benzene rings is 8. The fourth-order valence-electron chi connectivity index (χ4n) is 8.55. The first-order chi connectivity index (χ1) is 25.5. The maximum atomic E-state index is 2.50. The Morgan fingerprint density at radius 1 is 0.462 bits per heavy atom. The summed E-state index contributed by atoms with van der Waals surface area (Å²) in [6.45, 7) is 7.05. The van der Waals surface area contributed by atoms with Crippen molar-refractivity contribution in [1.82, 2.24) is 0 Å². The Bertz CT molecular complexity index is 2830. The summed E-state index contributed by atoms with van der Waals surface area (Å²) < 4.78 is 2.62. The van der Waals surface area contributed by atoms with E-state index in [-0.39, 0.29) is 5.41 Å². The highest BCUT2D eigenvalue weighted by Crippen LogP contribution is 2.56. The molecule has 1 aromatic heterocycles. The fraction of sp³-hybridized carbons (Fsp3) is 0.0800. The van der Waals surface area contributed by atoms with Crippen molar-refractivity contribution in [3.05, 3.63) is 187 Å². The van der Waals surface area contributed by atoms with E-state index in [4.69, 9.17) is 0 Å². The quantitative estimate of drug-likeness (QED) is 0.175. The van der Waals surface area contributed by atoms with Gasteiger partial charge in [-0.15, -0.1) is 11.3 Å². The first kappa shape index (κ1) is 30.8. The molecule has 0 atom stereocenters. The smallest absolute Gasteiger partial charge is 0.0640 e. The highest BCUT2D eigenvalue weighted by molar-refractivity contribution is 7.26. The molecule has 52 heavy (non-hydrogen) atoms. The Morgan fingerprint density at radius 2 is 1.13 bits per heavy atom. The number of rotatable bonds is 5. The lowest BCUT2D eigenvalue weighted by Crippen LogP contribution is -2.17. The van der Waals surface area contributed by atoms with E-state index in [9.17, 15) is 0 Å². The number of hydrogen-bond acceptors (Lipinski definition) is 2. The van der Waals surface area contributed by atoms with Gasteiger partial charge in [0.25, 0.3) is 0 Å². The van der Waals surface area contributed by atoms with Gasteiger partial charge in [0.15, 0.2) is 0 Å². The van der Waals surface area contributed by atoms with E-state index in [0.29, 0.717) is 0 Å². The number of aryl methyl sites for hydroxylation is 1. The van der Waals surface area contributed by atoms with Crippen LogP contribution in [0.4, 0.5) is 17.1 Å². The lowest BCUT2D eigenvalue weighted by molar-refractivity contribution is 0.661. The van der Waals surface area contributed by atoms with E-state index >= 15 is 0 Å². The third-order valence-corrected chi connectivity index (χ3v) is 12.4. The van der Waals surface area contributed by atoms with Crippen LogP contribution in [-0.2, 0) is 5.41 Å². The standard InChI is InChI=1S/C50H37NS/c1-32-25-26-34(33-15-6-4-7-16-33)29-42(32)35-27-28-41-43(30-35)50(2,3)44-31-46(37-19-10-11-21-39(37)48(41)44)51(36-17-8-5-9-18-36)45-23-14-22-40-38-20-12-13-24-47(38)52-49(40)45/h4-31H,1-3H3. The summed E-state index contributed by atoms with van der Waals surface area (Å²) >= 11 is 1.88. The first-order valence-electron chi connectivity index (χ1n) is 18.1. The molecule has 0 saturated carbocycles. The summed E-state index contributed by atoms with van der Waals surface area (Å²) in [6, 6.07) is 62.8. The van der Waals surface area contributed by atoms with Crippen molar-refractivity contribution < 1.29 is 0 Å². The molecule has 1 heterocycles. The van der Waals surface area contributed by atoms with Gasteiger partial charge in [-0.3, -0.25) is 0 Å². The van der Waals surface area contributed by atoms with Gasteiger partial charge in [0.1, 0.15) is 0 Å². The lowest BCUT2D eigenvalue weighted by atomic mass is 9.80. The SMILES string of the molecule is Cc1ccc(-c2ccccc2)cc1-c1ccc2c(c1)C(C)(C)c1cc(N(c3ccccc3)c3cccc4c3sc3ccccc34)c3ccccc3c1-2. The van der Waals surface area contributed by atoms with Crippen LogP contribution >= 0.6 is 11.3 Å². The minimum Gasteiger partial charge on any atom is -0.308 e. The second kappa shape index (κ2) is 11.8. The minimum atomic E-state index is -0.212. The van der Waals surface area contributed by atoms with Crippen LogP contribution in [0.5, 0.6) is 0 Å². The van der Waals surface area contributed by atoms with Crippen molar-refractivity contribution in [3.63, 3.8) is 0 Å². The number of para-hydroxylation sites is 1. The van der Waals surface area contributed by atoms with Gasteiger partial charge in [-0.05, 0) is 105 Å². The van der Waals surface area contributed by atoms with Crippen molar-refractivity contribution in [2.45, 2.75) is 26.2 Å². The third kappa shape index (κ3) is 4.68. The predicted octanol–water partition coefficient (Wildman–Crippen LogP) is 14.6. The zero-order valence-corrected chi connectivity index (χ0v) is 30.3. The maximum Gasteiger partial charge on any atom is 0.0640 e. The van der Waals surface area contributed by atoms with E-state index in [1.54, 1.807) is 0 Å². The molecule has 0 N–H and O–H groups in total. The molecule has 0 aliphatic heterocycles. The molecule has 248 valence electrons. The van der Waals surface area contributed by atoms with Crippen LogP contribution in [0.25, 0.3) is 64.3 Å². The Hall–Kier alpha value is -5.96. The van der Waals surface area contributed by atoms with Crippen molar-refractivity contribution >= 4 is 59.3 Å². The lowest BCUT2D eigenvalue weighted by Gasteiger charge is -2.30. The van der Waals surface area contributed by atoms with Crippen LogP contribution < -0.4 is 4.90 Å². The molecule has 8 aromatic carbocycles. The van der Waals surface area contributed by atoms with Crippen LogP contribution in [0.1, 0.15) is 30.5 Å². The van der Waals surface area contributed by atoms with Crippen LogP contribution in [0.3, 0.4) is 0 Å². The van der Waals surface area contributed by atoms with Gasteiger partial charge < -0.3 is 4.90 Å². The molecule has 9 aromatic rings. The molecule has 0 radical (unpaired) electrons. The number of fused-ring (bicyclic) bond motifs is 8. The van der Waals surface area contributed by atoms with E-state index < -0.39 is 0 Å². The molecule has 0 spiro atoms. The summed E-state index contributed by atoms with van der Waals surface area (Å²) in [5, 5.41) is 5.16. The van der Waals surface area contributed by atoms with Crippen LogP contribution in [0.2, 0.25) is 0 Å². The number of nitrogens with zero attached hydrogens (tertiary/aromatic N) is 1. The average molecular weight is 684 g/mol. The van der Waals surface area contributed by atoms with E-state index in [2.05, 4.69) is 196 Å². The zero-order valence-electron chi connectivity index (χ0n) is 29.5. The summed E-state index contributed by atoms with van der Waals surface area (Å²) in [4.78, 5) is 2.50. The molecule has 10 rings (SSSR count). The normalized spacial score (nSPS) is 13.1. The monoisotopic (exact) mass is 683 g/mol. The van der Waals surface area contributed by atoms with Crippen molar-refractivity contribution in [3.8, 4) is 33.4 Å². The number of anilines is 3. The van der Waals surface area contributed by atoms with Gasteiger partial charge in [-0.25, -0.2) is 0 Å². The Balaban J connectivity index is 1.19. The van der Waals surface area contributed by atoms with Crippen molar-refractivity contribution in [2.75, 3.05) is 4.90 Å². The molecule has 2 heteroatoms. The Morgan fingerprint density at radius 3 is 1.94 bits per heavy atom. The summed E-state index contributed by atoms with van der Waals surface area (Å²) in [5.41, 5.74) is 15.1. The van der Waals surface area contributed by atoms with Crippen LogP contribution in [0.15, 0.2) is 170 Å². The molecule has 1 aliphatic rings. The van der Waals surface area contributed by atoms with Gasteiger partial charge in [0.05, 0.1) is 16.1 Å². The molecule has 0 saturated heterocycles. The molecule has 1 nitrogen and oxygen atoms in total. The second-order valence-electron chi connectivity index (χ2n) is 14.6. The average Bonchev–Trinajstić information content (AvgIpc) is 3.68. The van der Waals surface area contributed by atoms with E-state index in [1.807, 2.05) is 11.3 Å². The maximum absolute atomic E-state index is 2.50. The fourth-order valence-corrected chi connectivity index (χ4v) is 9.76. The summed E-state index contributed by atoms with van der Waals surface area (Å²) in [5.74, 6) is 0. The van der Waals surface area contributed by atoms with Gasteiger partial charge in [0.2, 0.25) is 0 Å². The molecule has 0 bridgehead atoms. The Kier molecular flexibility index (Phi) is 7.00. The summed E-state index contributed by atoms with van der Waals surface area (Å²) in [7, 11) is 0.